The molecule has 2 aromatic heterocycles. The number of amides is 3. The lowest BCUT2D eigenvalue weighted by Gasteiger charge is -2.50. The Bertz CT molecular complexity index is 2140. The van der Waals surface area contributed by atoms with Crippen molar-refractivity contribution in [1.82, 2.24) is 20.1 Å². The van der Waals surface area contributed by atoms with E-state index in [1.54, 1.807) is 29.1 Å². The normalized spacial score (nSPS) is 25.6. The lowest BCUT2D eigenvalue weighted by atomic mass is 9.93. The maximum Gasteiger partial charge on any atom is 0.350 e. The zero-order valence-corrected chi connectivity index (χ0v) is 31.3. The first kappa shape index (κ1) is 39.8. The number of sulfone groups is 1. The van der Waals surface area contributed by atoms with Gasteiger partial charge in [0.05, 0.1) is 18.1 Å². The fourth-order valence-electron chi connectivity index (χ4n) is 5.98. The van der Waals surface area contributed by atoms with E-state index >= 15 is 0 Å². The molecule has 3 amide bonds. The molecule has 5 N–H and O–H groups in total. The van der Waals surface area contributed by atoms with E-state index in [-0.39, 0.29) is 35.2 Å². The number of nitrogens with one attached hydrogen (secondary N) is 1. The summed E-state index contributed by atoms with van der Waals surface area (Å²) in [6, 6.07) is 2.75. The van der Waals surface area contributed by atoms with Gasteiger partial charge in [0.15, 0.2) is 56.2 Å². The zero-order valence-electron chi connectivity index (χ0n) is 28.8. The molecule has 0 spiro atoms. The number of thioether (sulfide) groups is 1. The molecular weight excluding hydrogens is 775 g/mol. The topological polar surface area (TPSA) is 300 Å². The number of nitrogens with zero attached hydrogens (tertiary/aromatic N) is 5. The van der Waals surface area contributed by atoms with Crippen molar-refractivity contribution in [2.24, 2.45) is 5.16 Å². The number of fused-ring (bicyclic) bond motifs is 2. The number of ketones is 1. The number of oxime groups is 1. The van der Waals surface area contributed by atoms with Crippen LogP contribution >= 0.6 is 23.1 Å². The Morgan fingerprint density at radius 3 is 2.35 bits per heavy atom. The summed E-state index contributed by atoms with van der Waals surface area (Å²) in [5, 5.41) is 36.3. The minimum absolute atomic E-state index is 0.0265. The fraction of sp³-hybridized carbons (Fsp3) is 0.419. The largest absolute Gasteiger partial charge is 0.543 e. The molecule has 0 aromatic carbocycles. The van der Waals surface area contributed by atoms with Crippen molar-refractivity contribution in [3.05, 3.63) is 52.9 Å². The van der Waals surface area contributed by atoms with Gasteiger partial charge in [-0.25, -0.2) is 27.6 Å². The smallest absolute Gasteiger partial charge is 0.350 e. The molecule has 0 radical (unpaired) electrons. The third kappa shape index (κ3) is 6.77. The first-order valence-corrected chi connectivity index (χ1v) is 19.2. The predicted molar refractivity (Wildman–Crippen MR) is 184 cm³/mol. The first-order valence-electron chi connectivity index (χ1n) is 15.8. The minimum atomic E-state index is -3.98. The van der Waals surface area contributed by atoms with Crippen molar-refractivity contribution in [3.8, 4) is 0 Å². The second kappa shape index (κ2) is 14.4. The lowest BCUT2D eigenvalue weighted by molar-refractivity contribution is -0.689. The Morgan fingerprint density at radius 2 is 1.83 bits per heavy atom. The molecule has 4 aliphatic heterocycles. The summed E-state index contributed by atoms with van der Waals surface area (Å²) >= 11 is 2.32. The highest BCUT2D eigenvalue weighted by Gasteiger charge is 2.72. The molecular formula is C31H33N7O13S3. The molecule has 54 heavy (non-hydrogen) atoms. The van der Waals surface area contributed by atoms with Crippen molar-refractivity contribution in [3.63, 3.8) is 0 Å². The third-order valence-corrected chi connectivity index (χ3v) is 14.0. The van der Waals surface area contributed by atoms with Crippen LogP contribution in [0.15, 0.2) is 52.4 Å². The summed E-state index contributed by atoms with van der Waals surface area (Å²) in [6.45, 7) is 4.85. The number of aliphatic carboxylic acids is 3. The summed E-state index contributed by atoms with van der Waals surface area (Å²) in [5.74, 6) is -6.78. The maximum atomic E-state index is 13.1. The quantitative estimate of drug-likeness (QED) is 0.0788. The SMILES string of the molecule is CC(=O)[C@@]1(C)[C@H](C(=O)O)N2C(=O)CC2S1(=O)=O.CC(C)(O/N=C(\C(=O)NC1C(=O)N2C(C(=O)[O-])=C(C[n+]3ccccc3)CSC12)c1csc(N)n1)C(=O)O. The number of rotatable bonds is 11. The zero-order chi connectivity index (χ0) is 40.1. The van der Waals surface area contributed by atoms with Gasteiger partial charge in [0.2, 0.25) is 11.5 Å². The number of hydrogen-bond donors (Lipinski definition) is 4. The van der Waals surface area contributed by atoms with Gasteiger partial charge in [-0.1, -0.05) is 11.2 Å². The van der Waals surface area contributed by atoms with Crippen LogP contribution in [0, 0.1) is 0 Å². The second-order valence-electron chi connectivity index (χ2n) is 13.0. The molecule has 0 bridgehead atoms. The molecule has 288 valence electrons. The van der Waals surface area contributed by atoms with Crippen molar-refractivity contribution in [2.45, 2.75) is 73.8 Å². The van der Waals surface area contributed by atoms with E-state index in [4.69, 9.17) is 15.7 Å². The number of β-lactam (4-membered cyclic amide) rings is 2. The Labute approximate surface area is 314 Å². The number of carboxylic acids is 3. The molecule has 3 saturated heterocycles. The van der Waals surface area contributed by atoms with Crippen molar-refractivity contribution in [1.29, 1.82) is 0 Å². The van der Waals surface area contributed by atoms with Crippen LogP contribution in [0.2, 0.25) is 0 Å². The first-order chi connectivity index (χ1) is 25.1. The van der Waals surface area contributed by atoms with E-state index in [0.29, 0.717) is 11.3 Å². The van der Waals surface area contributed by atoms with E-state index in [0.717, 1.165) is 35.0 Å². The van der Waals surface area contributed by atoms with Crippen molar-refractivity contribution in [2.75, 3.05) is 11.5 Å². The molecule has 3 unspecified atom stereocenters. The van der Waals surface area contributed by atoms with Gasteiger partial charge in [0.25, 0.3) is 11.8 Å². The van der Waals surface area contributed by atoms with Crippen LogP contribution in [0.5, 0.6) is 0 Å². The van der Waals surface area contributed by atoms with Crippen LogP contribution in [0.1, 0.15) is 39.8 Å². The Balaban J connectivity index is 0.000000274. The number of thiazole rings is 1. The van der Waals surface area contributed by atoms with E-state index in [2.05, 4.69) is 15.5 Å². The molecule has 6 rings (SSSR count). The Hall–Kier alpha value is -5.42. The highest BCUT2D eigenvalue weighted by atomic mass is 32.2. The average molecular weight is 808 g/mol. The van der Waals surface area contributed by atoms with E-state index < -0.39 is 84.4 Å². The number of anilines is 1. The number of nitrogen functional groups attached to an aromatic ring is 1. The van der Waals surface area contributed by atoms with Gasteiger partial charge in [0, 0.05) is 28.8 Å². The van der Waals surface area contributed by atoms with Crippen LogP contribution in [0.25, 0.3) is 0 Å². The molecule has 4 aliphatic rings. The number of aromatic nitrogens is 2. The second-order valence-corrected chi connectivity index (χ2v) is 17.5. The molecule has 0 aliphatic carbocycles. The van der Waals surface area contributed by atoms with Gasteiger partial charge in [0.1, 0.15) is 22.5 Å². The van der Waals surface area contributed by atoms with Crippen molar-refractivity contribution < 1.29 is 66.7 Å². The minimum Gasteiger partial charge on any atom is -0.543 e. The van der Waals surface area contributed by atoms with Crippen LogP contribution in [0.3, 0.4) is 0 Å². The van der Waals surface area contributed by atoms with Gasteiger partial charge in [-0.15, -0.1) is 23.1 Å². The van der Waals surface area contributed by atoms with Gasteiger partial charge in [-0.2, -0.15) is 0 Å². The van der Waals surface area contributed by atoms with Gasteiger partial charge in [-0.3, -0.25) is 24.1 Å². The number of carbonyl (C=O) groups excluding carboxylic acids is 5. The van der Waals surface area contributed by atoms with E-state index in [1.807, 2.05) is 6.07 Å². The average Bonchev–Trinajstić information content (AvgIpc) is 3.58. The third-order valence-electron chi connectivity index (χ3n) is 9.17. The fourth-order valence-corrected chi connectivity index (χ4v) is 10.3. The Morgan fingerprint density at radius 1 is 1.19 bits per heavy atom. The van der Waals surface area contributed by atoms with Gasteiger partial charge < -0.3 is 40.9 Å². The van der Waals surface area contributed by atoms with Gasteiger partial charge >= 0.3 is 11.9 Å². The highest BCUT2D eigenvalue weighted by molar-refractivity contribution is 8.00. The summed E-state index contributed by atoms with van der Waals surface area (Å²) in [4.78, 5) is 94.4. The molecule has 3 fully saturated rings. The number of nitrogens with two attached hydrogens (primary N) is 1. The standard InChI is InChI=1S/C22H22N6O7S2.C9H11NO6S/c1-22(2,20(33)34)35-26-13(12-10-37-21(23)24-12)16(29)25-14-17(30)28-15(19(31)32)11(9-36-18(14)28)8-27-6-4-3-5-7-27;1-4(11)9(2)7(8(13)14)10-5(12)3-6(10)17(9,15)16/h3-7,10,14,18H,8-9H2,1-2H3,(H4-,23,24,25,29,31,32,33,34);6-7H,3H2,1-2H3,(H,13,14)/b26-13-;/t;6?,7-,9-/m.0/s1. The molecule has 5 atom stereocenters. The maximum absolute atomic E-state index is 13.1. The van der Waals surface area contributed by atoms with Crippen LogP contribution < -0.4 is 20.7 Å². The summed E-state index contributed by atoms with van der Waals surface area (Å²) < 4.78 is 23.9. The van der Waals surface area contributed by atoms with Crippen LogP contribution in [0.4, 0.5) is 5.13 Å². The number of pyridine rings is 1. The Kier molecular flexibility index (Phi) is 10.6. The van der Waals surface area contributed by atoms with E-state index in [9.17, 15) is 52.2 Å². The number of carboxylic acid groups (broad SMARTS) is 3. The molecule has 6 heterocycles. The van der Waals surface area contributed by atoms with Crippen molar-refractivity contribution >= 4 is 85.2 Å². The summed E-state index contributed by atoms with van der Waals surface area (Å²) in [6.07, 6.45) is 3.31. The van der Waals surface area contributed by atoms with Crippen LogP contribution in [-0.2, 0) is 54.8 Å². The highest BCUT2D eigenvalue weighted by Crippen LogP contribution is 2.46. The molecule has 23 heteroatoms. The molecule has 20 nitrogen and oxygen atoms in total. The monoisotopic (exact) mass is 807 g/mol. The predicted octanol–water partition coefficient (Wildman–Crippen LogP) is -2.53. The number of hydrogen-bond acceptors (Lipinski definition) is 16. The number of carbonyl (C=O) groups is 7. The lowest BCUT2D eigenvalue weighted by Crippen LogP contribution is -2.71. The summed E-state index contributed by atoms with van der Waals surface area (Å²) in [7, 11) is -3.98. The number of Topliss-reactive ketones (excluding diaryl/α,β-unsaturated/α-hetero) is 1. The molecule has 0 saturated carbocycles. The van der Waals surface area contributed by atoms with Crippen LogP contribution in [-0.4, -0.2) is 119 Å². The summed E-state index contributed by atoms with van der Waals surface area (Å²) in [5.41, 5.74) is 3.83. The van der Waals surface area contributed by atoms with Gasteiger partial charge in [-0.05, 0) is 27.7 Å². The molecule has 2 aromatic rings. The van der Waals surface area contributed by atoms with E-state index in [1.165, 1.54) is 31.0 Å².